The van der Waals surface area contributed by atoms with E-state index in [1.165, 1.54) is 12.3 Å². The van der Waals surface area contributed by atoms with Gasteiger partial charge in [0, 0.05) is 18.3 Å². The normalized spacial score (nSPS) is 10.5. The molecule has 0 aliphatic rings. The Kier molecular flexibility index (Phi) is 5.05. The van der Waals surface area contributed by atoms with Crippen molar-refractivity contribution in [3.63, 3.8) is 0 Å². The zero-order chi connectivity index (χ0) is 17.5. The molecule has 1 aromatic carbocycles. The number of amides is 1. The van der Waals surface area contributed by atoms with Crippen LogP contribution in [0, 0.1) is 16.7 Å². The van der Waals surface area contributed by atoms with Crippen molar-refractivity contribution in [1.29, 1.82) is 10.7 Å². The number of nitrogens with zero attached hydrogens (tertiary/aromatic N) is 3. The van der Waals surface area contributed by atoms with Crippen LogP contribution in [0.15, 0.2) is 47.7 Å². The molecule has 0 saturated heterocycles. The van der Waals surface area contributed by atoms with E-state index in [-0.39, 0.29) is 11.4 Å². The minimum atomic E-state index is -0.654. The molecule has 2 aromatic rings. The summed E-state index contributed by atoms with van der Waals surface area (Å²) in [6.07, 6.45) is 1.41. The second kappa shape index (κ2) is 7.37. The predicted molar refractivity (Wildman–Crippen MR) is 87.9 cm³/mol. The number of primary amides is 1. The van der Waals surface area contributed by atoms with E-state index in [2.05, 4.69) is 15.5 Å². The summed E-state index contributed by atoms with van der Waals surface area (Å²) in [4.78, 5) is 14.9. The summed E-state index contributed by atoms with van der Waals surface area (Å²) >= 11 is 0. The van der Waals surface area contributed by atoms with E-state index in [0.29, 0.717) is 17.2 Å². The molecule has 0 bridgehead atoms. The second-order valence-corrected chi connectivity index (χ2v) is 4.47. The first-order chi connectivity index (χ1) is 11.5. The molecule has 2 rings (SSSR count). The summed E-state index contributed by atoms with van der Waals surface area (Å²) in [7, 11) is 0. The van der Waals surface area contributed by atoms with Gasteiger partial charge in [-0.05, 0) is 18.2 Å². The number of benzene rings is 1. The average Bonchev–Trinajstić information content (AvgIpc) is 2.55. The molecule has 24 heavy (non-hydrogen) atoms. The Labute approximate surface area is 137 Å². The third-order valence-electron chi connectivity index (χ3n) is 2.71. The molecule has 0 aliphatic carbocycles. The first kappa shape index (κ1) is 16.4. The average molecular weight is 323 g/mol. The van der Waals surface area contributed by atoms with Crippen molar-refractivity contribution in [2.75, 3.05) is 5.43 Å². The Morgan fingerprint density at radius 2 is 2.04 bits per heavy atom. The minimum absolute atomic E-state index is 0.0894. The number of hydrazone groups is 1. The lowest BCUT2D eigenvalue weighted by molar-refractivity contribution is 0.0995. The van der Waals surface area contributed by atoms with Crippen molar-refractivity contribution in [3.05, 3.63) is 48.3 Å². The van der Waals surface area contributed by atoms with Crippen LogP contribution in [0.1, 0.15) is 10.5 Å². The van der Waals surface area contributed by atoms with Crippen molar-refractivity contribution >= 4 is 23.1 Å². The van der Waals surface area contributed by atoms with Gasteiger partial charge < -0.3 is 16.2 Å². The molecule has 0 spiro atoms. The van der Waals surface area contributed by atoms with E-state index in [1.807, 2.05) is 0 Å². The molecule has 6 N–H and O–H groups in total. The van der Waals surface area contributed by atoms with Gasteiger partial charge in [-0.15, -0.1) is 0 Å². The highest BCUT2D eigenvalue weighted by atomic mass is 16.5. The monoisotopic (exact) mass is 323 g/mol. The first-order valence-corrected chi connectivity index (χ1v) is 6.61. The Morgan fingerprint density at radius 3 is 2.71 bits per heavy atom. The molecule has 0 fully saturated rings. The number of hydrogen-bond acceptors (Lipinski definition) is 7. The Bertz CT molecular complexity index is 855. The molecule has 9 heteroatoms. The van der Waals surface area contributed by atoms with Gasteiger partial charge >= 0.3 is 0 Å². The van der Waals surface area contributed by atoms with E-state index in [9.17, 15) is 4.79 Å². The van der Waals surface area contributed by atoms with Gasteiger partial charge in [0.05, 0.1) is 5.69 Å². The molecule has 0 aliphatic heterocycles. The van der Waals surface area contributed by atoms with Crippen LogP contribution in [0.3, 0.4) is 0 Å². The summed E-state index contributed by atoms with van der Waals surface area (Å²) < 4.78 is 5.62. The van der Waals surface area contributed by atoms with E-state index in [1.54, 1.807) is 36.4 Å². The summed E-state index contributed by atoms with van der Waals surface area (Å²) in [5, 5.41) is 19.7. The number of nitrogens with two attached hydrogens (primary N) is 2. The van der Waals surface area contributed by atoms with Gasteiger partial charge in [-0.1, -0.05) is 6.07 Å². The molecular weight excluding hydrogens is 310 g/mol. The fourth-order valence-corrected chi connectivity index (χ4v) is 1.64. The molecule has 0 atom stereocenters. The predicted octanol–water partition coefficient (Wildman–Crippen LogP) is 1.20. The summed E-state index contributed by atoms with van der Waals surface area (Å²) in [5.74, 6) is -0.245. The molecule has 0 radical (unpaired) electrons. The van der Waals surface area contributed by atoms with Crippen LogP contribution in [0.25, 0.3) is 0 Å². The number of nitriles is 1. The zero-order valence-electron chi connectivity index (χ0n) is 12.4. The number of nitrogens with one attached hydrogen (secondary N) is 2. The summed E-state index contributed by atoms with van der Waals surface area (Å²) in [5.41, 5.74) is 13.4. The van der Waals surface area contributed by atoms with E-state index in [4.69, 9.17) is 26.9 Å². The largest absolute Gasteiger partial charge is 0.457 e. The van der Waals surface area contributed by atoms with Gasteiger partial charge in [0.25, 0.3) is 5.91 Å². The van der Waals surface area contributed by atoms with Crippen LogP contribution >= 0.6 is 0 Å². The zero-order valence-corrected chi connectivity index (χ0v) is 12.4. The van der Waals surface area contributed by atoms with Crippen LogP contribution < -0.4 is 21.6 Å². The van der Waals surface area contributed by atoms with Crippen LogP contribution in [-0.4, -0.2) is 22.4 Å². The quantitative estimate of drug-likeness (QED) is 0.354. The molecule has 1 amide bonds. The van der Waals surface area contributed by atoms with Crippen molar-refractivity contribution in [2.45, 2.75) is 0 Å². The highest BCUT2D eigenvalue weighted by molar-refractivity contribution is 6.45. The topological polar surface area (TPSA) is 163 Å². The third kappa shape index (κ3) is 4.28. The number of ether oxygens (including phenoxy) is 1. The molecule has 0 unspecified atom stereocenters. The number of carbonyl (C=O) groups excluding carboxylic acids is 1. The second-order valence-electron chi connectivity index (χ2n) is 4.47. The Morgan fingerprint density at radius 1 is 1.29 bits per heavy atom. The van der Waals surface area contributed by atoms with Crippen molar-refractivity contribution in [2.24, 2.45) is 16.6 Å². The van der Waals surface area contributed by atoms with Gasteiger partial charge in [-0.25, -0.2) is 0 Å². The minimum Gasteiger partial charge on any atom is -0.457 e. The molecule has 1 aromatic heterocycles. The maximum absolute atomic E-state index is 11.1. The summed E-state index contributed by atoms with van der Waals surface area (Å²) in [6, 6.07) is 11.4. The lowest BCUT2D eigenvalue weighted by Crippen LogP contribution is -2.21. The lowest BCUT2D eigenvalue weighted by atomic mass is 10.3. The van der Waals surface area contributed by atoms with Crippen LogP contribution in [0.4, 0.5) is 5.69 Å². The van der Waals surface area contributed by atoms with Crippen molar-refractivity contribution < 1.29 is 9.53 Å². The highest BCUT2D eigenvalue weighted by Gasteiger charge is 2.05. The third-order valence-corrected chi connectivity index (χ3v) is 2.71. The molecule has 120 valence electrons. The first-order valence-electron chi connectivity index (χ1n) is 6.61. The van der Waals surface area contributed by atoms with Gasteiger partial charge in [-0.2, -0.15) is 10.4 Å². The number of rotatable bonds is 6. The molecule has 0 saturated carbocycles. The number of hydrogen-bond donors (Lipinski definition) is 4. The number of carbonyl (C=O) groups is 1. The van der Waals surface area contributed by atoms with Crippen LogP contribution in [-0.2, 0) is 0 Å². The van der Waals surface area contributed by atoms with Crippen molar-refractivity contribution in [3.8, 4) is 17.6 Å². The van der Waals surface area contributed by atoms with Crippen LogP contribution in [0.2, 0.25) is 0 Å². The highest BCUT2D eigenvalue weighted by Crippen LogP contribution is 2.24. The lowest BCUT2D eigenvalue weighted by Gasteiger charge is -2.08. The molecule has 1 heterocycles. The maximum atomic E-state index is 11.1. The number of anilines is 1. The number of aromatic nitrogens is 1. The fourth-order valence-electron chi connectivity index (χ4n) is 1.64. The van der Waals surface area contributed by atoms with Gasteiger partial charge in [0.2, 0.25) is 5.71 Å². The van der Waals surface area contributed by atoms with Gasteiger partial charge in [0.1, 0.15) is 23.3 Å². The fraction of sp³-hybridized carbons (Fsp3) is 0. The smallest absolute Gasteiger partial charge is 0.267 e. The summed E-state index contributed by atoms with van der Waals surface area (Å²) in [6.45, 7) is 0. The van der Waals surface area contributed by atoms with E-state index in [0.717, 1.165) is 0 Å². The number of amidine groups is 1. The SMILES string of the molecule is N#C/C(=N\Nc1cccc(Oc2ccnc(C(N)=O)c2)c1)C(=N)N. The van der Waals surface area contributed by atoms with E-state index >= 15 is 0 Å². The number of pyridine rings is 1. The standard InChI is InChI=1S/C15H13N7O2/c16-8-13(14(17)18)22-21-9-2-1-3-10(6-9)24-11-4-5-20-12(7-11)15(19)23/h1-7,21H,(H3,17,18)(H2,19,23)/b22-13+. The van der Waals surface area contributed by atoms with Gasteiger partial charge in [0.15, 0.2) is 5.84 Å². The molecular formula is C15H13N7O2. The maximum Gasteiger partial charge on any atom is 0.267 e. The Hall–Kier alpha value is -3.93. The van der Waals surface area contributed by atoms with E-state index < -0.39 is 11.7 Å². The van der Waals surface area contributed by atoms with Gasteiger partial charge in [-0.3, -0.25) is 20.6 Å². The Balaban J connectivity index is 2.16. The molecule has 9 nitrogen and oxygen atoms in total. The van der Waals surface area contributed by atoms with Crippen LogP contribution in [0.5, 0.6) is 11.5 Å². The van der Waals surface area contributed by atoms with Crippen molar-refractivity contribution in [1.82, 2.24) is 4.98 Å².